The lowest BCUT2D eigenvalue weighted by atomic mass is 9.90. The molecule has 2 heterocycles. The molecule has 18 heavy (non-hydrogen) atoms. The number of hydrogen-bond acceptors (Lipinski definition) is 4. The Morgan fingerprint density at radius 2 is 2.11 bits per heavy atom. The molecule has 0 spiro atoms. The van der Waals surface area contributed by atoms with E-state index in [1.807, 2.05) is 17.8 Å². The Morgan fingerprint density at radius 3 is 2.78 bits per heavy atom. The standard InChI is InChI=1S/C13H18N4S/c1-17-8-15-7-10(17)11-12(14)18-13(16-11)9-5-3-2-4-6-9/h7-9H,2-6,14H2,1H3. The molecule has 2 aromatic rings. The Labute approximate surface area is 111 Å². The van der Waals surface area contributed by atoms with Crippen LogP contribution < -0.4 is 5.73 Å². The molecule has 0 atom stereocenters. The van der Waals surface area contributed by atoms with Crippen LogP contribution in [0.4, 0.5) is 5.00 Å². The SMILES string of the molecule is Cn1cncc1-c1nc(C2CCCCC2)sc1N. The minimum absolute atomic E-state index is 0.619. The van der Waals surface area contributed by atoms with Crippen LogP contribution in [0.2, 0.25) is 0 Å². The lowest BCUT2D eigenvalue weighted by molar-refractivity contribution is 0.442. The first kappa shape index (κ1) is 11.7. The second-order valence-electron chi connectivity index (χ2n) is 4.99. The molecular formula is C13H18N4S. The molecule has 0 amide bonds. The van der Waals surface area contributed by atoms with Gasteiger partial charge in [0, 0.05) is 13.0 Å². The summed E-state index contributed by atoms with van der Waals surface area (Å²) in [6, 6.07) is 0. The predicted octanol–water partition coefficient (Wildman–Crippen LogP) is 3.17. The van der Waals surface area contributed by atoms with Crippen molar-refractivity contribution in [1.82, 2.24) is 14.5 Å². The van der Waals surface area contributed by atoms with E-state index in [2.05, 4.69) is 4.98 Å². The van der Waals surface area contributed by atoms with Crippen LogP contribution in [0.1, 0.15) is 43.0 Å². The van der Waals surface area contributed by atoms with Gasteiger partial charge in [0.1, 0.15) is 10.7 Å². The monoisotopic (exact) mass is 262 g/mol. The van der Waals surface area contributed by atoms with Crippen LogP contribution in [-0.2, 0) is 7.05 Å². The molecule has 1 aliphatic rings. The van der Waals surface area contributed by atoms with Gasteiger partial charge in [0.25, 0.3) is 0 Å². The maximum Gasteiger partial charge on any atom is 0.123 e. The van der Waals surface area contributed by atoms with E-state index in [9.17, 15) is 0 Å². The van der Waals surface area contributed by atoms with Crippen LogP contribution in [0.15, 0.2) is 12.5 Å². The largest absolute Gasteiger partial charge is 0.389 e. The Hall–Kier alpha value is -1.36. The summed E-state index contributed by atoms with van der Waals surface area (Å²) in [5, 5.41) is 2.03. The number of nitrogens with two attached hydrogens (primary N) is 1. The van der Waals surface area contributed by atoms with Gasteiger partial charge in [-0.25, -0.2) is 9.97 Å². The Kier molecular flexibility index (Phi) is 3.07. The number of anilines is 1. The molecule has 2 N–H and O–H groups in total. The normalized spacial score (nSPS) is 17.2. The molecule has 1 fully saturated rings. The number of hydrogen-bond donors (Lipinski definition) is 1. The minimum atomic E-state index is 0.619. The maximum absolute atomic E-state index is 6.12. The summed E-state index contributed by atoms with van der Waals surface area (Å²) >= 11 is 1.65. The molecule has 5 heteroatoms. The summed E-state index contributed by atoms with van der Waals surface area (Å²) in [6.45, 7) is 0. The lowest BCUT2D eigenvalue weighted by Crippen LogP contribution is -2.04. The molecule has 96 valence electrons. The molecule has 1 aliphatic carbocycles. The van der Waals surface area contributed by atoms with Crippen LogP contribution in [0.3, 0.4) is 0 Å². The van der Waals surface area contributed by atoms with Crippen LogP contribution in [0, 0.1) is 0 Å². The van der Waals surface area contributed by atoms with Crippen molar-refractivity contribution in [2.45, 2.75) is 38.0 Å². The summed E-state index contributed by atoms with van der Waals surface area (Å²) in [5.74, 6) is 0.619. The fraction of sp³-hybridized carbons (Fsp3) is 0.538. The molecular weight excluding hydrogens is 244 g/mol. The van der Waals surface area contributed by atoms with Crippen molar-refractivity contribution in [3.05, 3.63) is 17.5 Å². The Balaban J connectivity index is 1.93. The fourth-order valence-electron chi connectivity index (χ4n) is 2.64. The highest BCUT2D eigenvalue weighted by molar-refractivity contribution is 7.16. The van der Waals surface area contributed by atoms with E-state index in [4.69, 9.17) is 10.7 Å². The van der Waals surface area contributed by atoms with Gasteiger partial charge in [0.2, 0.25) is 0 Å². The number of thiazole rings is 1. The van der Waals surface area contributed by atoms with E-state index >= 15 is 0 Å². The van der Waals surface area contributed by atoms with Gasteiger partial charge >= 0.3 is 0 Å². The first-order valence-corrected chi connectivity index (χ1v) is 7.30. The first-order chi connectivity index (χ1) is 8.75. The molecule has 3 rings (SSSR count). The summed E-state index contributed by atoms with van der Waals surface area (Å²) in [7, 11) is 1.97. The van der Waals surface area contributed by atoms with Crippen molar-refractivity contribution >= 4 is 16.3 Å². The van der Waals surface area contributed by atoms with E-state index in [-0.39, 0.29) is 0 Å². The molecule has 4 nitrogen and oxygen atoms in total. The zero-order valence-electron chi connectivity index (χ0n) is 10.6. The van der Waals surface area contributed by atoms with E-state index in [0.717, 1.165) is 16.4 Å². The molecule has 0 aromatic carbocycles. The molecule has 2 aromatic heterocycles. The summed E-state index contributed by atoms with van der Waals surface area (Å²) in [4.78, 5) is 8.90. The van der Waals surface area contributed by atoms with E-state index in [1.165, 1.54) is 37.1 Å². The highest BCUT2D eigenvalue weighted by Gasteiger charge is 2.21. The van der Waals surface area contributed by atoms with Gasteiger partial charge in [-0.05, 0) is 12.8 Å². The quantitative estimate of drug-likeness (QED) is 0.904. The third-order valence-corrected chi connectivity index (χ3v) is 4.73. The number of nitrogens with zero attached hydrogens (tertiary/aromatic N) is 3. The summed E-state index contributed by atoms with van der Waals surface area (Å²) in [5.41, 5.74) is 8.03. The highest BCUT2D eigenvalue weighted by Crippen LogP contribution is 2.39. The van der Waals surface area contributed by atoms with Crippen LogP contribution >= 0.6 is 11.3 Å². The average molecular weight is 262 g/mol. The lowest BCUT2D eigenvalue weighted by Gasteiger charge is -2.18. The highest BCUT2D eigenvalue weighted by atomic mass is 32.1. The Bertz CT molecular complexity index is 537. The number of nitrogen functional groups attached to an aromatic ring is 1. The summed E-state index contributed by atoms with van der Waals surface area (Å²) in [6.07, 6.45) is 10.2. The maximum atomic E-state index is 6.12. The fourth-order valence-corrected chi connectivity index (χ4v) is 3.65. The van der Waals surface area contributed by atoms with Gasteiger partial charge in [-0.2, -0.15) is 0 Å². The molecule has 0 bridgehead atoms. The summed E-state index contributed by atoms with van der Waals surface area (Å²) < 4.78 is 1.97. The van der Waals surface area contributed by atoms with Crippen molar-refractivity contribution < 1.29 is 0 Å². The van der Waals surface area contributed by atoms with Gasteiger partial charge in [-0.1, -0.05) is 19.3 Å². The van der Waals surface area contributed by atoms with Crippen LogP contribution in [-0.4, -0.2) is 14.5 Å². The molecule has 0 saturated heterocycles. The second-order valence-corrected chi connectivity index (χ2v) is 6.05. The van der Waals surface area contributed by atoms with E-state index < -0.39 is 0 Å². The number of rotatable bonds is 2. The molecule has 0 aliphatic heterocycles. The second kappa shape index (κ2) is 4.72. The zero-order valence-corrected chi connectivity index (χ0v) is 11.4. The molecule has 1 saturated carbocycles. The van der Waals surface area contributed by atoms with E-state index in [1.54, 1.807) is 17.7 Å². The van der Waals surface area contributed by atoms with E-state index in [0.29, 0.717) is 5.92 Å². The van der Waals surface area contributed by atoms with Gasteiger partial charge in [0.05, 0.1) is 23.2 Å². The number of imidazole rings is 1. The van der Waals surface area contributed by atoms with Crippen molar-refractivity contribution in [1.29, 1.82) is 0 Å². The zero-order chi connectivity index (χ0) is 12.5. The van der Waals surface area contributed by atoms with Gasteiger partial charge in [-0.15, -0.1) is 11.3 Å². The minimum Gasteiger partial charge on any atom is -0.389 e. The Morgan fingerprint density at radius 1 is 1.33 bits per heavy atom. The van der Waals surface area contributed by atoms with Crippen molar-refractivity contribution in [2.75, 3.05) is 5.73 Å². The number of aromatic nitrogens is 3. The van der Waals surface area contributed by atoms with Crippen LogP contribution in [0.25, 0.3) is 11.4 Å². The third-order valence-electron chi connectivity index (χ3n) is 3.68. The number of aryl methyl sites for hydroxylation is 1. The molecule has 0 unspecified atom stereocenters. The smallest absolute Gasteiger partial charge is 0.123 e. The molecule has 0 radical (unpaired) electrons. The van der Waals surface area contributed by atoms with Crippen molar-refractivity contribution in [3.8, 4) is 11.4 Å². The van der Waals surface area contributed by atoms with Gasteiger partial charge < -0.3 is 10.3 Å². The van der Waals surface area contributed by atoms with Crippen molar-refractivity contribution in [3.63, 3.8) is 0 Å². The van der Waals surface area contributed by atoms with Gasteiger partial charge in [0.15, 0.2) is 0 Å². The third kappa shape index (κ3) is 2.03. The predicted molar refractivity (Wildman–Crippen MR) is 74.6 cm³/mol. The van der Waals surface area contributed by atoms with Crippen molar-refractivity contribution in [2.24, 2.45) is 7.05 Å². The van der Waals surface area contributed by atoms with Crippen LogP contribution in [0.5, 0.6) is 0 Å². The first-order valence-electron chi connectivity index (χ1n) is 6.48. The average Bonchev–Trinajstić information content (AvgIpc) is 2.96. The van der Waals surface area contributed by atoms with Gasteiger partial charge in [-0.3, -0.25) is 0 Å². The topological polar surface area (TPSA) is 56.7 Å².